The van der Waals surface area contributed by atoms with E-state index in [0.717, 1.165) is 5.56 Å². The summed E-state index contributed by atoms with van der Waals surface area (Å²) in [5.41, 5.74) is 0.951. The van der Waals surface area contributed by atoms with Crippen LogP contribution in [0.3, 0.4) is 0 Å². The molecule has 5 heteroatoms. The summed E-state index contributed by atoms with van der Waals surface area (Å²) in [6, 6.07) is 15.0. The number of esters is 1. The van der Waals surface area contributed by atoms with Crippen LogP contribution >= 0.6 is 0 Å². The number of para-hydroxylation sites is 2. The van der Waals surface area contributed by atoms with Crippen molar-refractivity contribution in [3.63, 3.8) is 0 Å². The Labute approximate surface area is 153 Å². The zero-order chi connectivity index (χ0) is 18.9. The maximum atomic E-state index is 12.8. The van der Waals surface area contributed by atoms with Gasteiger partial charge in [0, 0.05) is 7.05 Å². The molecule has 1 aliphatic heterocycles. The van der Waals surface area contributed by atoms with E-state index in [1.54, 1.807) is 27.8 Å². The summed E-state index contributed by atoms with van der Waals surface area (Å²) in [7, 11) is 1.66. The first-order valence-electron chi connectivity index (χ1n) is 8.61. The summed E-state index contributed by atoms with van der Waals surface area (Å²) >= 11 is 0. The molecular weight excluding hydrogens is 330 g/mol. The standard InChI is InChI=1S/C21H23NO4/c1-21(2,3)26-20(24)16-13-14-9-8-12-17(18(14)22(4)19(16)23)25-15-10-6-5-7-11-15/h5-12,16H,13H2,1-4H3. The Morgan fingerprint density at radius 1 is 1.08 bits per heavy atom. The first-order chi connectivity index (χ1) is 12.3. The van der Waals surface area contributed by atoms with Crippen molar-refractivity contribution in [3.05, 3.63) is 54.1 Å². The lowest BCUT2D eigenvalue weighted by atomic mass is 9.91. The molecule has 3 rings (SSSR count). The van der Waals surface area contributed by atoms with Crippen LogP contribution in [0, 0.1) is 5.92 Å². The van der Waals surface area contributed by atoms with Crippen molar-refractivity contribution in [2.75, 3.05) is 11.9 Å². The highest BCUT2D eigenvalue weighted by molar-refractivity contribution is 6.09. The molecule has 0 fully saturated rings. The van der Waals surface area contributed by atoms with Gasteiger partial charge in [-0.15, -0.1) is 0 Å². The van der Waals surface area contributed by atoms with Crippen LogP contribution in [0.15, 0.2) is 48.5 Å². The van der Waals surface area contributed by atoms with Gasteiger partial charge in [-0.3, -0.25) is 9.59 Å². The first kappa shape index (κ1) is 18.0. The molecule has 0 N–H and O–H groups in total. The minimum atomic E-state index is -0.835. The molecule has 1 amide bonds. The number of hydrogen-bond acceptors (Lipinski definition) is 4. The van der Waals surface area contributed by atoms with Crippen LogP contribution in [0.25, 0.3) is 0 Å². The summed E-state index contributed by atoms with van der Waals surface area (Å²) in [4.78, 5) is 26.7. The smallest absolute Gasteiger partial charge is 0.319 e. The van der Waals surface area contributed by atoms with Crippen molar-refractivity contribution in [1.82, 2.24) is 0 Å². The molecule has 0 radical (unpaired) electrons. The molecule has 2 aromatic carbocycles. The number of rotatable bonds is 3. The zero-order valence-corrected chi connectivity index (χ0v) is 15.5. The Bertz CT molecular complexity index is 824. The Kier molecular flexibility index (Phi) is 4.72. The fraction of sp³-hybridized carbons (Fsp3) is 0.333. The summed E-state index contributed by atoms with van der Waals surface area (Å²) in [6.07, 6.45) is 0.305. The average Bonchev–Trinajstić information content (AvgIpc) is 2.57. The van der Waals surface area contributed by atoms with Crippen molar-refractivity contribution in [2.24, 2.45) is 5.92 Å². The SMILES string of the molecule is CN1C(=O)C(C(=O)OC(C)(C)C)Cc2cccc(Oc3ccccc3)c21. The first-order valence-corrected chi connectivity index (χ1v) is 8.61. The van der Waals surface area contributed by atoms with Gasteiger partial charge < -0.3 is 14.4 Å². The van der Waals surface area contributed by atoms with E-state index in [4.69, 9.17) is 9.47 Å². The number of carbonyl (C=O) groups is 2. The second-order valence-corrected chi connectivity index (χ2v) is 7.37. The Morgan fingerprint density at radius 3 is 2.42 bits per heavy atom. The van der Waals surface area contributed by atoms with Gasteiger partial charge in [0.25, 0.3) is 0 Å². The molecule has 0 aliphatic carbocycles. The van der Waals surface area contributed by atoms with Crippen LogP contribution in [0.5, 0.6) is 11.5 Å². The van der Waals surface area contributed by atoms with Gasteiger partial charge >= 0.3 is 5.97 Å². The van der Waals surface area contributed by atoms with Crippen LogP contribution < -0.4 is 9.64 Å². The molecule has 0 saturated carbocycles. The predicted molar refractivity (Wildman–Crippen MR) is 99.4 cm³/mol. The molecular formula is C21H23NO4. The van der Waals surface area contributed by atoms with Gasteiger partial charge in [0.1, 0.15) is 17.3 Å². The number of fused-ring (bicyclic) bond motifs is 1. The van der Waals surface area contributed by atoms with Crippen molar-refractivity contribution < 1.29 is 19.1 Å². The second kappa shape index (κ2) is 6.83. The minimum absolute atomic E-state index is 0.282. The van der Waals surface area contributed by atoms with Gasteiger partial charge in [-0.1, -0.05) is 30.3 Å². The van der Waals surface area contributed by atoms with Gasteiger partial charge in [0.15, 0.2) is 5.75 Å². The molecule has 0 spiro atoms. The number of anilines is 1. The summed E-state index contributed by atoms with van der Waals surface area (Å²) in [5.74, 6) is -0.327. The maximum Gasteiger partial charge on any atom is 0.319 e. The lowest BCUT2D eigenvalue weighted by molar-refractivity contribution is -0.162. The third-order valence-electron chi connectivity index (χ3n) is 4.13. The Balaban J connectivity index is 1.91. The van der Waals surface area contributed by atoms with E-state index in [2.05, 4.69) is 0 Å². The van der Waals surface area contributed by atoms with Crippen LogP contribution in [-0.2, 0) is 20.7 Å². The maximum absolute atomic E-state index is 12.8. The number of amides is 1. The van der Waals surface area contributed by atoms with Crippen molar-refractivity contribution in [3.8, 4) is 11.5 Å². The molecule has 136 valence electrons. The molecule has 1 atom stereocenters. The van der Waals surface area contributed by atoms with E-state index in [9.17, 15) is 9.59 Å². The molecule has 0 saturated heterocycles. The summed E-state index contributed by atoms with van der Waals surface area (Å²) in [5, 5.41) is 0. The van der Waals surface area contributed by atoms with E-state index in [0.29, 0.717) is 23.6 Å². The fourth-order valence-electron chi connectivity index (χ4n) is 3.02. The van der Waals surface area contributed by atoms with Gasteiger partial charge in [-0.2, -0.15) is 0 Å². The summed E-state index contributed by atoms with van der Waals surface area (Å²) < 4.78 is 11.4. The predicted octanol–water partition coefficient (Wildman–Crippen LogP) is 3.96. The normalized spacial score (nSPS) is 16.8. The number of benzene rings is 2. The Hall–Kier alpha value is -2.82. The number of hydrogen-bond donors (Lipinski definition) is 0. The second-order valence-electron chi connectivity index (χ2n) is 7.37. The monoisotopic (exact) mass is 353 g/mol. The van der Waals surface area contributed by atoms with Crippen molar-refractivity contribution in [1.29, 1.82) is 0 Å². The molecule has 0 bridgehead atoms. The van der Waals surface area contributed by atoms with Crippen LogP contribution in [0.1, 0.15) is 26.3 Å². The number of carbonyl (C=O) groups excluding carboxylic acids is 2. The van der Waals surface area contributed by atoms with E-state index in [1.165, 1.54) is 4.90 Å². The fourth-order valence-corrected chi connectivity index (χ4v) is 3.02. The van der Waals surface area contributed by atoms with E-state index in [-0.39, 0.29) is 5.91 Å². The van der Waals surface area contributed by atoms with E-state index >= 15 is 0 Å². The quantitative estimate of drug-likeness (QED) is 0.619. The van der Waals surface area contributed by atoms with E-state index in [1.807, 2.05) is 48.5 Å². The van der Waals surface area contributed by atoms with Crippen LogP contribution in [0.4, 0.5) is 5.69 Å². The van der Waals surface area contributed by atoms with Gasteiger partial charge in [0.2, 0.25) is 5.91 Å². The van der Waals surface area contributed by atoms with Crippen molar-refractivity contribution >= 4 is 17.6 Å². The van der Waals surface area contributed by atoms with Crippen LogP contribution in [0.2, 0.25) is 0 Å². The number of nitrogens with zero attached hydrogens (tertiary/aromatic N) is 1. The van der Waals surface area contributed by atoms with Gasteiger partial charge in [0.05, 0.1) is 5.69 Å². The zero-order valence-electron chi connectivity index (χ0n) is 15.5. The summed E-state index contributed by atoms with van der Waals surface area (Å²) in [6.45, 7) is 5.38. The highest BCUT2D eigenvalue weighted by atomic mass is 16.6. The molecule has 1 aliphatic rings. The van der Waals surface area contributed by atoms with Crippen molar-refractivity contribution in [2.45, 2.75) is 32.8 Å². The molecule has 1 heterocycles. The lowest BCUT2D eigenvalue weighted by Gasteiger charge is -2.33. The number of ether oxygens (including phenoxy) is 2. The molecule has 0 aromatic heterocycles. The minimum Gasteiger partial charge on any atom is -0.459 e. The highest BCUT2D eigenvalue weighted by Crippen LogP contribution is 2.40. The topological polar surface area (TPSA) is 55.8 Å². The molecule has 1 unspecified atom stereocenters. The lowest BCUT2D eigenvalue weighted by Crippen LogP contribution is -2.44. The molecule has 2 aromatic rings. The van der Waals surface area contributed by atoms with Gasteiger partial charge in [-0.05, 0) is 51.0 Å². The molecule has 26 heavy (non-hydrogen) atoms. The molecule has 5 nitrogen and oxygen atoms in total. The van der Waals surface area contributed by atoms with Gasteiger partial charge in [-0.25, -0.2) is 0 Å². The third-order valence-corrected chi connectivity index (χ3v) is 4.13. The average molecular weight is 353 g/mol. The van der Waals surface area contributed by atoms with Crippen LogP contribution in [-0.4, -0.2) is 24.5 Å². The Morgan fingerprint density at radius 2 is 1.77 bits per heavy atom. The largest absolute Gasteiger partial charge is 0.459 e. The third kappa shape index (κ3) is 3.72. The van der Waals surface area contributed by atoms with E-state index < -0.39 is 17.5 Å². The highest BCUT2D eigenvalue weighted by Gasteiger charge is 2.39.